The lowest BCUT2D eigenvalue weighted by Crippen LogP contribution is -2.35. The van der Waals surface area contributed by atoms with Crippen LogP contribution < -0.4 is 4.90 Å². The van der Waals surface area contributed by atoms with E-state index in [-0.39, 0.29) is 0 Å². The van der Waals surface area contributed by atoms with Gasteiger partial charge in [0.25, 0.3) is 0 Å². The summed E-state index contributed by atoms with van der Waals surface area (Å²) in [6, 6.07) is 9.48. The minimum Gasteiger partial charge on any atom is -0.352 e. The molecule has 3 nitrogen and oxygen atoms in total. The van der Waals surface area contributed by atoms with E-state index in [2.05, 4.69) is 74.1 Å². The molecule has 5 heteroatoms. The molecule has 1 aromatic carbocycles. The second-order valence-corrected chi connectivity index (χ2v) is 12.0. The van der Waals surface area contributed by atoms with E-state index in [1.165, 1.54) is 36.0 Å². The fraction of sp³-hybridized carbons (Fsp3) is 0.520. The Hall–Kier alpha value is -1.65. The van der Waals surface area contributed by atoms with E-state index < -0.39 is 0 Å². The monoisotopic (exact) mass is 439 g/mol. The third-order valence-electron chi connectivity index (χ3n) is 6.96. The van der Waals surface area contributed by atoms with Crippen LogP contribution in [0.3, 0.4) is 0 Å². The van der Waals surface area contributed by atoms with Gasteiger partial charge in [-0.3, -0.25) is 0 Å². The summed E-state index contributed by atoms with van der Waals surface area (Å²) < 4.78 is 0. The standard InChI is InChI=1S/C25H30ClN3S/c1-15(2)16-6-8-17(9-7-16)19-12-30-22-20(19)21(27-23(26)28-22)29-14-25(5)11-18(29)10-24(3,4)13-25/h6-9,12,15,18H,10-11,13-14H2,1-5H3. The molecular formula is C25H30ClN3S. The van der Waals surface area contributed by atoms with Crippen molar-refractivity contribution in [2.75, 3.05) is 11.4 Å². The van der Waals surface area contributed by atoms with Crippen LogP contribution in [0.1, 0.15) is 65.4 Å². The zero-order valence-electron chi connectivity index (χ0n) is 18.5. The van der Waals surface area contributed by atoms with Crippen LogP contribution in [0.5, 0.6) is 0 Å². The van der Waals surface area contributed by atoms with E-state index >= 15 is 0 Å². The van der Waals surface area contributed by atoms with Gasteiger partial charge in [0.05, 0.1) is 5.39 Å². The van der Waals surface area contributed by atoms with Crippen molar-refractivity contribution in [3.8, 4) is 11.1 Å². The summed E-state index contributed by atoms with van der Waals surface area (Å²) in [7, 11) is 0. The summed E-state index contributed by atoms with van der Waals surface area (Å²) in [5.41, 5.74) is 4.52. The molecule has 5 rings (SSSR count). The van der Waals surface area contributed by atoms with Gasteiger partial charge in [-0.1, -0.05) is 58.9 Å². The summed E-state index contributed by atoms with van der Waals surface area (Å²) in [6.45, 7) is 12.8. The van der Waals surface area contributed by atoms with Crippen LogP contribution in [0.4, 0.5) is 5.82 Å². The number of nitrogens with zero attached hydrogens (tertiary/aromatic N) is 3. The Morgan fingerprint density at radius 2 is 1.83 bits per heavy atom. The number of aromatic nitrogens is 2. The Labute approximate surface area is 188 Å². The molecule has 2 atom stereocenters. The van der Waals surface area contributed by atoms with E-state index in [9.17, 15) is 0 Å². The molecule has 0 spiro atoms. The topological polar surface area (TPSA) is 29.0 Å². The van der Waals surface area contributed by atoms with Crippen molar-refractivity contribution in [1.82, 2.24) is 9.97 Å². The van der Waals surface area contributed by atoms with Crippen molar-refractivity contribution < 1.29 is 0 Å². The first-order valence-corrected chi connectivity index (χ1v) is 12.2. The lowest BCUT2D eigenvalue weighted by atomic mass is 9.65. The maximum atomic E-state index is 6.40. The van der Waals surface area contributed by atoms with Gasteiger partial charge in [0, 0.05) is 23.5 Å². The summed E-state index contributed by atoms with van der Waals surface area (Å²) in [6.07, 6.45) is 3.71. The van der Waals surface area contributed by atoms with Crippen LogP contribution in [0.25, 0.3) is 21.3 Å². The van der Waals surface area contributed by atoms with Crippen molar-refractivity contribution in [3.63, 3.8) is 0 Å². The molecule has 1 saturated carbocycles. The van der Waals surface area contributed by atoms with E-state index in [1.54, 1.807) is 11.3 Å². The van der Waals surface area contributed by atoms with Gasteiger partial charge < -0.3 is 4.90 Å². The molecule has 3 aromatic rings. The molecule has 0 N–H and O–H groups in total. The zero-order valence-corrected chi connectivity index (χ0v) is 20.1. The number of anilines is 1. The molecular weight excluding hydrogens is 410 g/mol. The second-order valence-electron chi connectivity index (χ2n) is 10.8. The number of fused-ring (bicyclic) bond motifs is 3. The number of thiophene rings is 1. The van der Waals surface area contributed by atoms with Gasteiger partial charge in [-0.2, -0.15) is 4.98 Å². The number of hydrogen-bond acceptors (Lipinski definition) is 4. The van der Waals surface area contributed by atoms with E-state index in [0.29, 0.717) is 28.1 Å². The van der Waals surface area contributed by atoms with Crippen molar-refractivity contribution in [3.05, 3.63) is 40.5 Å². The Kier molecular flexibility index (Phi) is 4.68. The number of benzene rings is 1. The Morgan fingerprint density at radius 3 is 2.53 bits per heavy atom. The lowest BCUT2D eigenvalue weighted by molar-refractivity contribution is 0.136. The first-order chi connectivity index (χ1) is 14.1. The Morgan fingerprint density at radius 1 is 1.10 bits per heavy atom. The highest BCUT2D eigenvalue weighted by molar-refractivity contribution is 7.17. The lowest BCUT2D eigenvalue weighted by Gasteiger charge is -2.39. The van der Waals surface area contributed by atoms with Crippen molar-refractivity contribution in [2.24, 2.45) is 10.8 Å². The van der Waals surface area contributed by atoms with Crippen LogP contribution >= 0.6 is 22.9 Å². The average Bonchev–Trinajstić information content (AvgIpc) is 3.18. The molecule has 1 aliphatic carbocycles. The maximum Gasteiger partial charge on any atom is 0.225 e. The van der Waals surface area contributed by atoms with Crippen LogP contribution in [0.2, 0.25) is 5.28 Å². The highest BCUT2D eigenvalue weighted by Crippen LogP contribution is 2.54. The highest BCUT2D eigenvalue weighted by Gasteiger charge is 2.50. The Balaban J connectivity index is 1.64. The van der Waals surface area contributed by atoms with Crippen LogP contribution in [0, 0.1) is 10.8 Å². The van der Waals surface area contributed by atoms with Crippen molar-refractivity contribution in [1.29, 1.82) is 0 Å². The van der Waals surface area contributed by atoms with Gasteiger partial charge in [-0.15, -0.1) is 11.3 Å². The van der Waals surface area contributed by atoms with Gasteiger partial charge >= 0.3 is 0 Å². The SMILES string of the molecule is CC(C)c1ccc(-c2csc3nc(Cl)nc(N4CC5(C)CC4CC(C)(C)C5)c23)cc1. The molecule has 2 aliphatic rings. The molecule has 1 saturated heterocycles. The average molecular weight is 440 g/mol. The zero-order chi connectivity index (χ0) is 21.3. The Bertz CT molecular complexity index is 1100. The van der Waals surface area contributed by atoms with E-state index in [0.717, 1.165) is 22.6 Å². The largest absolute Gasteiger partial charge is 0.352 e. The smallest absolute Gasteiger partial charge is 0.225 e. The third kappa shape index (κ3) is 3.42. The molecule has 30 heavy (non-hydrogen) atoms. The minimum absolute atomic E-state index is 0.339. The molecule has 0 amide bonds. The van der Waals surface area contributed by atoms with Gasteiger partial charge in [0.1, 0.15) is 10.6 Å². The fourth-order valence-electron chi connectivity index (χ4n) is 6.07. The molecule has 2 fully saturated rings. The molecule has 3 heterocycles. The normalized spacial score (nSPS) is 25.4. The predicted molar refractivity (Wildman–Crippen MR) is 129 cm³/mol. The van der Waals surface area contributed by atoms with Crippen molar-refractivity contribution >= 4 is 39.0 Å². The molecule has 0 radical (unpaired) electrons. The molecule has 2 bridgehead atoms. The molecule has 2 unspecified atom stereocenters. The molecule has 2 aromatic heterocycles. The number of hydrogen-bond donors (Lipinski definition) is 0. The van der Waals surface area contributed by atoms with Crippen LogP contribution in [-0.4, -0.2) is 22.6 Å². The van der Waals surface area contributed by atoms with Gasteiger partial charge in [0.15, 0.2) is 0 Å². The molecule has 1 aliphatic heterocycles. The van der Waals surface area contributed by atoms with Crippen LogP contribution in [-0.2, 0) is 0 Å². The third-order valence-corrected chi connectivity index (χ3v) is 8.00. The molecule has 158 valence electrons. The summed E-state index contributed by atoms with van der Waals surface area (Å²) in [5, 5.41) is 3.74. The fourth-order valence-corrected chi connectivity index (χ4v) is 7.23. The van der Waals surface area contributed by atoms with Crippen molar-refractivity contribution in [2.45, 2.75) is 65.8 Å². The van der Waals surface area contributed by atoms with Gasteiger partial charge in [-0.05, 0) is 58.7 Å². The summed E-state index contributed by atoms with van der Waals surface area (Å²) in [4.78, 5) is 12.9. The summed E-state index contributed by atoms with van der Waals surface area (Å²) in [5.74, 6) is 1.56. The quantitative estimate of drug-likeness (QED) is 0.394. The number of rotatable bonds is 3. The minimum atomic E-state index is 0.339. The van der Waals surface area contributed by atoms with E-state index in [1.807, 2.05) is 0 Å². The highest BCUT2D eigenvalue weighted by atomic mass is 35.5. The first-order valence-electron chi connectivity index (χ1n) is 11.0. The maximum absolute atomic E-state index is 6.40. The van der Waals surface area contributed by atoms with Gasteiger partial charge in [-0.25, -0.2) is 4.98 Å². The van der Waals surface area contributed by atoms with Crippen LogP contribution in [0.15, 0.2) is 29.6 Å². The van der Waals surface area contributed by atoms with Gasteiger partial charge in [0.2, 0.25) is 5.28 Å². The first kappa shape index (κ1) is 20.3. The number of halogens is 1. The van der Waals surface area contributed by atoms with E-state index in [4.69, 9.17) is 16.6 Å². The second kappa shape index (κ2) is 6.93. The summed E-state index contributed by atoms with van der Waals surface area (Å²) >= 11 is 8.07. The predicted octanol–water partition coefficient (Wildman–Crippen LogP) is 7.54.